The van der Waals surface area contributed by atoms with Crippen LogP contribution in [0.2, 0.25) is 0 Å². The third-order valence-corrected chi connectivity index (χ3v) is 2.45. The van der Waals surface area contributed by atoms with Crippen molar-refractivity contribution in [3.05, 3.63) is 36.3 Å². The number of carbonyl (C=O) groups is 1. The molecule has 1 amide bonds. The predicted molar refractivity (Wildman–Crippen MR) is 60.6 cm³/mol. The number of halogens is 1. The van der Waals surface area contributed by atoms with Crippen molar-refractivity contribution >= 4 is 16.8 Å². The minimum Gasteiger partial charge on any atom is -0.355 e. The number of nitrogens with one attached hydrogen (secondary N) is 1. The molecule has 0 saturated heterocycles. The van der Waals surface area contributed by atoms with Crippen molar-refractivity contribution in [2.45, 2.75) is 13.5 Å². The van der Waals surface area contributed by atoms with Crippen LogP contribution in [0.5, 0.6) is 0 Å². The molecule has 1 heterocycles. The molecule has 0 bridgehead atoms. The van der Waals surface area contributed by atoms with Crippen molar-refractivity contribution in [3.63, 3.8) is 0 Å². The Morgan fingerprint density at radius 3 is 3.00 bits per heavy atom. The molecular weight excluding hydrogens is 207 g/mol. The lowest BCUT2D eigenvalue weighted by Crippen LogP contribution is -2.26. The van der Waals surface area contributed by atoms with Gasteiger partial charge >= 0.3 is 0 Å². The van der Waals surface area contributed by atoms with Gasteiger partial charge in [-0.2, -0.15) is 0 Å². The Bertz CT molecular complexity index is 519. The summed E-state index contributed by atoms with van der Waals surface area (Å²) in [6, 6.07) is 6.55. The first-order valence-electron chi connectivity index (χ1n) is 5.22. The third-order valence-electron chi connectivity index (χ3n) is 2.45. The summed E-state index contributed by atoms with van der Waals surface area (Å²) in [5.74, 6) is -0.323. The van der Waals surface area contributed by atoms with Gasteiger partial charge in [0.15, 0.2) is 0 Å². The molecule has 0 unspecified atom stereocenters. The molecule has 4 heteroatoms. The number of carbonyl (C=O) groups excluding carboxylic acids is 1. The average molecular weight is 220 g/mol. The zero-order chi connectivity index (χ0) is 11.5. The maximum absolute atomic E-state index is 13.4. The second-order valence-corrected chi connectivity index (χ2v) is 3.57. The molecule has 0 fully saturated rings. The molecule has 0 spiro atoms. The van der Waals surface area contributed by atoms with Crippen LogP contribution in [0.15, 0.2) is 30.5 Å². The summed E-state index contributed by atoms with van der Waals surface area (Å²) < 4.78 is 15.1. The largest absolute Gasteiger partial charge is 0.355 e. The van der Waals surface area contributed by atoms with E-state index in [0.29, 0.717) is 11.9 Å². The molecule has 1 aromatic carbocycles. The summed E-state index contributed by atoms with van der Waals surface area (Å²) in [5.41, 5.74) is 0.742. The summed E-state index contributed by atoms with van der Waals surface area (Å²) in [6.07, 6.45) is 1.73. The molecule has 16 heavy (non-hydrogen) atoms. The van der Waals surface area contributed by atoms with E-state index in [2.05, 4.69) is 5.32 Å². The normalized spacial score (nSPS) is 10.6. The van der Waals surface area contributed by atoms with Crippen LogP contribution < -0.4 is 5.32 Å². The smallest absolute Gasteiger partial charge is 0.239 e. The number of nitrogens with zero attached hydrogens (tertiary/aromatic N) is 1. The molecule has 2 rings (SSSR count). The first-order chi connectivity index (χ1) is 7.72. The highest BCUT2D eigenvalue weighted by molar-refractivity contribution is 5.83. The number of aromatic nitrogens is 1. The minimum atomic E-state index is -0.257. The van der Waals surface area contributed by atoms with Gasteiger partial charge in [0.25, 0.3) is 0 Å². The van der Waals surface area contributed by atoms with Gasteiger partial charge in [0, 0.05) is 18.1 Å². The molecule has 0 atom stereocenters. The molecule has 2 aromatic rings. The number of benzene rings is 1. The lowest BCUT2D eigenvalue weighted by molar-refractivity contribution is -0.121. The van der Waals surface area contributed by atoms with Crippen LogP contribution in [-0.4, -0.2) is 17.0 Å². The van der Waals surface area contributed by atoms with Crippen molar-refractivity contribution in [1.29, 1.82) is 0 Å². The van der Waals surface area contributed by atoms with Crippen molar-refractivity contribution in [2.75, 3.05) is 6.54 Å². The van der Waals surface area contributed by atoms with Gasteiger partial charge in [-0.1, -0.05) is 6.07 Å². The highest BCUT2D eigenvalue weighted by atomic mass is 19.1. The summed E-state index contributed by atoms with van der Waals surface area (Å²) in [4.78, 5) is 11.4. The van der Waals surface area contributed by atoms with Crippen LogP contribution in [0.4, 0.5) is 4.39 Å². The Kier molecular flexibility index (Phi) is 2.90. The zero-order valence-corrected chi connectivity index (χ0v) is 9.03. The van der Waals surface area contributed by atoms with Gasteiger partial charge in [0.2, 0.25) is 5.91 Å². The number of hydrogen-bond donors (Lipinski definition) is 1. The van der Waals surface area contributed by atoms with Crippen molar-refractivity contribution in [1.82, 2.24) is 9.88 Å². The summed E-state index contributed by atoms with van der Waals surface area (Å²) in [5, 5.41) is 3.26. The zero-order valence-electron chi connectivity index (χ0n) is 9.03. The number of likely N-dealkylation sites (N-methyl/N-ethyl adjacent to an activating group) is 1. The SMILES string of the molecule is CCNC(=O)Cn1ccc2c(F)cccc21. The maximum atomic E-state index is 13.4. The van der Waals surface area contributed by atoms with Crippen LogP contribution >= 0.6 is 0 Å². The summed E-state index contributed by atoms with van der Waals surface area (Å²) >= 11 is 0. The summed E-state index contributed by atoms with van der Waals surface area (Å²) in [6.45, 7) is 2.69. The van der Waals surface area contributed by atoms with E-state index >= 15 is 0 Å². The molecule has 1 N–H and O–H groups in total. The van der Waals surface area contributed by atoms with Gasteiger partial charge in [-0.15, -0.1) is 0 Å². The van der Waals surface area contributed by atoms with Crippen molar-refractivity contribution in [2.24, 2.45) is 0 Å². The fourth-order valence-corrected chi connectivity index (χ4v) is 1.73. The maximum Gasteiger partial charge on any atom is 0.239 e. The predicted octanol–water partition coefficient (Wildman–Crippen LogP) is 1.92. The van der Waals surface area contributed by atoms with E-state index < -0.39 is 0 Å². The minimum absolute atomic E-state index is 0.0655. The Labute approximate surface area is 92.9 Å². The van der Waals surface area contributed by atoms with Gasteiger partial charge in [-0.05, 0) is 25.1 Å². The Hall–Kier alpha value is -1.84. The van der Waals surface area contributed by atoms with Crippen molar-refractivity contribution < 1.29 is 9.18 Å². The molecule has 0 radical (unpaired) electrons. The summed E-state index contributed by atoms with van der Waals surface area (Å²) in [7, 11) is 0. The van der Waals surface area contributed by atoms with Gasteiger partial charge < -0.3 is 9.88 Å². The highest BCUT2D eigenvalue weighted by Gasteiger charge is 2.07. The van der Waals surface area contributed by atoms with Crippen LogP contribution in [-0.2, 0) is 11.3 Å². The number of fused-ring (bicyclic) bond motifs is 1. The molecule has 84 valence electrons. The monoisotopic (exact) mass is 220 g/mol. The lowest BCUT2D eigenvalue weighted by atomic mass is 10.2. The van der Waals surface area contributed by atoms with Gasteiger partial charge in [-0.3, -0.25) is 4.79 Å². The Balaban J connectivity index is 2.32. The first-order valence-corrected chi connectivity index (χ1v) is 5.22. The molecule has 0 aliphatic heterocycles. The third kappa shape index (κ3) is 1.91. The second kappa shape index (κ2) is 4.35. The fourth-order valence-electron chi connectivity index (χ4n) is 1.73. The number of amides is 1. The molecule has 0 saturated carbocycles. The average Bonchev–Trinajstić information content (AvgIpc) is 2.64. The van der Waals surface area contributed by atoms with E-state index in [1.54, 1.807) is 29.0 Å². The van der Waals surface area contributed by atoms with Gasteiger partial charge in [0.05, 0.1) is 5.52 Å². The topological polar surface area (TPSA) is 34.0 Å². The van der Waals surface area contributed by atoms with Crippen molar-refractivity contribution in [3.8, 4) is 0 Å². The van der Waals surface area contributed by atoms with E-state index in [-0.39, 0.29) is 18.3 Å². The number of rotatable bonds is 3. The van der Waals surface area contributed by atoms with Crippen LogP contribution in [0.3, 0.4) is 0 Å². The Morgan fingerprint density at radius 2 is 2.25 bits per heavy atom. The van der Waals surface area contributed by atoms with E-state index in [4.69, 9.17) is 0 Å². The fraction of sp³-hybridized carbons (Fsp3) is 0.250. The van der Waals surface area contributed by atoms with E-state index in [0.717, 1.165) is 5.52 Å². The molecule has 3 nitrogen and oxygen atoms in total. The molecule has 0 aliphatic carbocycles. The second-order valence-electron chi connectivity index (χ2n) is 3.57. The van der Waals surface area contributed by atoms with E-state index in [1.165, 1.54) is 6.07 Å². The van der Waals surface area contributed by atoms with E-state index in [1.807, 2.05) is 6.92 Å². The van der Waals surface area contributed by atoms with Crippen LogP contribution in [0.1, 0.15) is 6.92 Å². The van der Waals surface area contributed by atoms with Gasteiger partial charge in [0.1, 0.15) is 12.4 Å². The quantitative estimate of drug-likeness (QED) is 0.842. The van der Waals surface area contributed by atoms with Crippen LogP contribution in [0.25, 0.3) is 10.9 Å². The lowest BCUT2D eigenvalue weighted by Gasteiger charge is -2.05. The first kappa shape index (κ1) is 10.7. The van der Waals surface area contributed by atoms with Crippen LogP contribution in [0, 0.1) is 5.82 Å². The highest BCUT2D eigenvalue weighted by Crippen LogP contribution is 2.18. The standard InChI is InChI=1S/C12H13FN2O/c1-2-14-12(16)8-15-7-6-9-10(13)4-3-5-11(9)15/h3-7H,2,8H2,1H3,(H,14,16). The number of hydrogen-bond acceptors (Lipinski definition) is 1. The van der Waals surface area contributed by atoms with Gasteiger partial charge in [-0.25, -0.2) is 4.39 Å². The molecule has 1 aromatic heterocycles. The van der Waals surface area contributed by atoms with E-state index in [9.17, 15) is 9.18 Å². The molecule has 0 aliphatic rings. The molecular formula is C12H13FN2O. The Morgan fingerprint density at radius 1 is 1.44 bits per heavy atom.